The molecule has 1 atom stereocenters. The molecule has 1 saturated heterocycles. The highest BCUT2D eigenvalue weighted by atomic mass is 16.2. The third-order valence-electron chi connectivity index (χ3n) is 5.49. The fourth-order valence-electron chi connectivity index (χ4n) is 3.89. The number of benzene rings is 2. The number of rotatable bonds is 1. The van der Waals surface area contributed by atoms with Crippen molar-refractivity contribution in [2.45, 2.75) is 26.3 Å². The molecule has 2 aliphatic rings. The lowest BCUT2D eigenvalue weighted by atomic mass is 9.90. The van der Waals surface area contributed by atoms with Crippen molar-refractivity contribution < 1.29 is 9.59 Å². The number of hydrogen-bond donors (Lipinski definition) is 0. The second kappa shape index (κ2) is 6.03. The fourth-order valence-corrected chi connectivity index (χ4v) is 3.89. The number of fused-ring (bicyclic) bond motifs is 3. The smallest absolute Gasteiger partial charge is 0.254 e. The first-order valence-electron chi connectivity index (χ1n) is 8.78. The summed E-state index contributed by atoms with van der Waals surface area (Å²) in [5, 5.41) is 0. The number of amides is 2. The van der Waals surface area contributed by atoms with Crippen LogP contribution < -0.4 is 0 Å². The second-order valence-corrected chi connectivity index (χ2v) is 7.04. The van der Waals surface area contributed by atoms with E-state index < -0.39 is 0 Å². The average Bonchev–Trinajstić information content (AvgIpc) is 2.63. The summed E-state index contributed by atoms with van der Waals surface area (Å²) in [7, 11) is 0. The van der Waals surface area contributed by atoms with Crippen LogP contribution >= 0.6 is 0 Å². The molecule has 2 heterocycles. The molecule has 1 unspecified atom stereocenters. The van der Waals surface area contributed by atoms with Crippen LogP contribution in [-0.2, 0) is 11.2 Å². The van der Waals surface area contributed by atoms with Gasteiger partial charge < -0.3 is 9.80 Å². The van der Waals surface area contributed by atoms with Gasteiger partial charge in [-0.3, -0.25) is 9.59 Å². The lowest BCUT2D eigenvalue weighted by Gasteiger charge is -2.44. The van der Waals surface area contributed by atoms with Crippen LogP contribution in [0, 0.1) is 13.8 Å². The predicted molar refractivity (Wildman–Crippen MR) is 96.4 cm³/mol. The van der Waals surface area contributed by atoms with Crippen LogP contribution in [0.3, 0.4) is 0 Å². The largest absolute Gasteiger partial charge is 0.332 e. The molecule has 2 amide bonds. The van der Waals surface area contributed by atoms with Crippen molar-refractivity contribution in [1.29, 1.82) is 0 Å². The lowest BCUT2D eigenvalue weighted by molar-refractivity contribution is -0.139. The molecule has 0 bridgehead atoms. The Balaban J connectivity index is 1.64. The van der Waals surface area contributed by atoms with Crippen molar-refractivity contribution in [3.8, 4) is 0 Å². The van der Waals surface area contributed by atoms with E-state index in [9.17, 15) is 9.59 Å². The van der Waals surface area contributed by atoms with E-state index in [0.717, 1.165) is 18.5 Å². The molecule has 4 rings (SSSR count). The van der Waals surface area contributed by atoms with Gasteiger partial charge in [0.15, 0.2) is 0 Å². The molecular formula is C21H22N2O2. The predicted octanol–water partition coefficient (Wildman–Crippen LogP) is 2.89. The Bertz CT molecular complexity index is 859. The van der Waals surface area contributed by atoms with Crippen LogP contribution in [0.15, 0.2) is 42.5 Å². The zero-order chi connectivity index (χ0) is 17.6. The highest BCUT2D eigenvalue weighted by Gasteiger charge is 2.38. The minimum Gasteiger partial charge on any atom is -0.332 e. The summed E-state index contributed by atoms with van der Waals surface area (Å²) in [5.41, 5.74) is 5.39. The Hall–Kier alpha value is -2.62. The number of carbonyl (C=O) groups excluding carboxylic acids is 2. The van der Waals surface area contributed by atoms with E-state index in [4.69, 9.17) is 0 Å². The van der Waals surface area contributed by atoms with Gasteiger partial charge in [-0.15, -0.1) is 0 Å². The molecule has 2 aromatic carbocycles. The first-order chi connectivity index (χ1) is 12.0. The minimum absolute atomic E-state index is 0.0262. The van der Waals surface area contributed by atoms with Gasteiger partial charge in [0.25, 0.3) is 5.91 Å². The normalized spacial score (nSPS) is 19.4. The van der Waals surface area contributed by atoms with Crippen molar-refractivity contribution in [2.24, 2.45) is 0 Å². The molecule has 0 N–H and O–H groups in total. The van der Waals surface area contributed by atoms with Gasteiger partial charge in [-0.2, -0.15) is 0 Å². The first kappa shape index (κ1) is 15.9. The first-order valence-corrected chi connectivity index (χ1v) is 8.78. The Kier molecular flexibility index (Phi) is 3.83. The van der Waals surface area contributed by atoms with E-state index in [-0.39, 0.29) is 24.4 Å². The molecule has 4 nitrogen and oxygen atoms in total. The van der Waals surface area contributed by atoms with Gasteiger partial charge in [0.1, 0.15) is 6.54 Å². The van der Waals surface area contributed by atoms with Gasteiger partial charge >= 0.3 is 0 Å². The van der Waals surface area contributed by atoms with E-state index in [1.807, 2.05) is 49.1 Å². The van der Waals surface area contributed by atoms with Crippen LogP contribution in [-0.4, -0.2) is 41.2 Å². The van der Waals surface area contributed by atoms with Crippen molar-refractivity contribution in [2.75, 3.05) is 19.6 Å². The maximum atomic E-state index is 13.0. The zero-order valence-corrected chi connectivity index (χ0v) is 14.7. The Morgan fingerprint density at radius 3 is 2.68 bits per heavy atom. The molecule has 25 heavy (non-hydrogen) atoms. The summed E-state index contributed by atoms with van der Waals surface area (Å²) in [6.45, 7) is 5.52. The van der Waals surface area contributed by atoms with Gasteiger partial charge in [-0.25, -0.2) is 0 Å². The van der Waals surface area contributed by atoms with Gasteiger partial charge in [0, 0.05) is 18.7 Å². The third kappa shape index (κ3) is 2.72. The van der Waals surface area contributed by atoms with Crippen LogP contribution in [0.1, 0.15) is 38.7 Å². The van der Waals surface area contributed by atoms with Gasteiger partial charge in [-0.05, 0) is 54.7 Å². The van der Waals surface area contributed by atoms with Crippen molar-refractivity contribution in [3.05, 3.63) is 70.3 Å². The van der Waals surface area contributed by atoms with Crippen LogP contribution in [0.25, 0.3) is 0 Å². The third-order valence-corrected chi connectivity index (χ3v) is 5.49. The van der Waals surface area contributed by atoms with Crippen molar-refractivity contribution in [1.82, 2.24) is 9.80 Å². The lowest BCUT2D eigenvalue weighted by Crippen LogP contribution is -2.55. The number of piperazine rings is 1. The molecule has 0 aromatic heterocycles. The number of aryl methyl sites for hydroxylation is 2. The topological polar surface area (TPSA) is 40.6 Å². The summed E-state index contributed by atoms with van der Waals surface area (Å²) < 4.78 is 0. The van der Waals surface area contributed by atoms with Gasteiger partial charge in [-0.1, -0.05) is 30.3 Å². The maximum absolute atomic E-state index is 13.0. The SMILES string of the molecule is Cc1ccc(C(=O)N2CC(=O)N3CCc4ccccc4C3C2)cc1C. The molecule has 0 saturated carbocycles. The number of nitrogens with zero attached hydrogens (tertiary/aromatic N) is 2. The Morgan fingerprint density at radius 2 is 1.88 bits per heavy atom. The molecule has 2 aliphatic heterocycles. The molecule has 0 spiro atoms. The van der Waals surface area contributed by atoms with E-state index in [2.05, 4.69) is 12.1 Å². The van der Waals surface area contributed by atoms with Crippen molar-refractivity contribution >= 4 is 11.8 Å². The van der Waals surface area contributed by atoms with Gasteiger partial charge in [0.2, 0.25) is 5.91 Å². The fraction of sp³-hybridized carbons (Fsp3) is 0.333. The standard InChI is InChI=1S/C21H22N2O2/c1-14-7-8-17(11-15(14)2)21(25)22-12-19-18-6-4-3-5-16(18)9-10-23(19)20(24)13-22/h3-8,11,19H,9-10,12-13H2,1-2H3. The Morgan fingerprint density at radius 1 is 1.08 bits per heavy atom. The maximum Gasteiger partial charge on any atom is 0.254 e. The Labute approximate surface area is 148 Å². The summed E-state index contributed by atoms with van der Waals surface area (Å²) in [4.78, 5) is 29.2. The highest BCUT2D eigenvalue weighted by Crippen LogP contribution is 2.33. The summed E-state index contributed by atoms with van der Waals surface area (Å²) in [5.74, 6) is -0.0120. The zero-order valence-electron chi connectivity index (χ0n) is 14.7. The summed E-state index contributed by atoms with van der Waals surface area (Å²) in [6.07, 6.45) is 0.892. The molecule has 1 fully saturated rings. The van der Waals surface area contributed by atoms with E-state index >= 15 is 0 Å². The number of carbonyl (C=O) groups is 2. The molecule has 4 heteroatoms. The van der Waals surface area contributed by atoms with Crippen LogP contribution in [0.5, 0.6) is 0 Å². The van der Waals surface area contributed by atoms with E-state index in [1.54, 1.807) is 4.90 Å². The van der Waals surface area contributed by atoms with Gasteiger partial charge in [0.05, 0.1) is 6.04 Å². The molecule has 0 aliphatic carbocycles. The average molecular weight is 334 g/mol. The molecular weight excluding hydrogens is 312 g/mol. The van der Waals surface area contributed by atoms with E-state index in [0.29, 0.717) is 12.1 Å². The molecule has 2 aromatic rings. The highest BCUT2D eigenvalue weighted by molar-refractivity contribution is 5.97. The second-order valence-electron chi connectivity index (χ2n) is 7.04. The van der Waals surface area contributed by atoms with Crippen molar-refractivity contribution in [3.63, 3.8) is 0 Å². The monoisotopic (exact) mass is 334 g/mol. The summed E-state index contributed by atoms with van der Waals surface area (Å²) in [6, 6.07) is 14.0. The minimum atomic E-state index is -0.0563. The quantitative estimate of drug-likeness (QED) is 0.804. The van der Waals surface area contributed by atoms with Crippen LogP contribution in [0.4, 0.5) is 0 Å². The molecule has 128 valence electrons. The number of hydrogen-bond acceptors (Lipinski definition) is 2. The van der Waals surface area contributed by atoms with E-state index in [1.165, 1.54) is 16.7 Å². The van der Waals surface area contributed by atoms with Crippen LogP contribution in [0.2, 0.25) is 0 Å². The summed E-state index contributed by atoms with van der Waals surface area (Å²) >= 11 is 0. The molecule has 0 radical (unpaired) electrons.